The molecule has 1 aliphatic carbocycles. The summed E-state index contributed by atoms with van der Waals surface area (Å²) >= 11 is 0. The number of nitrogens with two attached hydrogens (primary N) is 1. The number of anilines is 3. The molecule has 2 heterocycles. The average Bonchev–Trinajstić information content (AvgIpc) is 3.55. The highest BCUT2D eigenvalue weighted by Crippen LogP contribution is 2.59. The lowest BCUT2D eigenvalue weighted by Gasteiger charge is -2.15. The lowest BCUT2D eigenvalue weighted by Crippen LogP contribution is -2.37. The van der Waals surface area contributed by atoms with Gasteiger partial charge in [-0.1, -0.05) is 42.5 Å². The molecule has 2 atom stereocenters. The number of carbonyl (C=O) groups is 2. The smallest absolute Gasteiger partial charge is 0.240 e. The molecular weight excluding hydrogens is 481 g/mol. The summed E-state index contributed by atoms with van der Waals surface area (Å²) in [5, 5.41) is 7.18. The minimum atomic E-state index is -1.35. The molecule has 0 saturated heterocycles. The Morgan fingerprint density at radius 1 is 0.947 bits per heavy atom. The summed E-state index contributed by atoms with van der Waals surface area (Å²) < 4.78 is 13.3. The normalized spacial score (nSPS) is 18.2. The summed E-state index contributed by atoms with van der Waals surface area (Å²) in [6, 6.07) is 27.0. The van der Waals surface area contributed by atoms with Gasteiger partial charge in [0.15, 0.2) is 0 Å². The third-order valence-electron chi connectivity index (χ3n) is 7.12. The Hall–Kier alpha value is -4.98. The number of nitrogens with zero attached hydrogens (tertiary/aromatic N) is 1. The third-order valence-corrected chi connectivity index (χ3v) is 7.12. The number of H-pyrrole nitrogens is 1. The number of amides is 2. The van der Waals surface area contributed by atoms with Crippen molar-refractivity contribution in [2.45, 2.75) is 12.3 Å². The number of aromatic nitrogens is 2. The molecule has 5 aromatic rings. The topological polar surface area (TPSA) is 113 Å². The van der Waals surface area contributed by atoms with E-state index in [4.69, 9.17) is 5.73 Å². The van der Waals surface area contributed by atoms with Crippen molar-refractivity contribution in [3.63, 3.8) is 0 Å². The number of hydrogen-bond acceptors (Lipinski definition) is 4. The zero-order valence-corrected chi connectivity index (χ0v) is 20.2. The van der Waals surface area contributed by atoms with Gasteiger partial charge in [0.1, 0.15) is 16.9 Å². The summed E-state index contributed by atoms with van der Waals surface area (Å²) in [6.45, 7) is 0. The zero-order valence-electron chi connectivity index (χ0n) is 20.2. The van der Waals surface area contributed by atoms with Gasteiger partial charge in [0.05, 0.1) is 5.69 Å². The number of halogens is 1. The van der Waals surface area contributed by atoms with Crippen molar-refractivity contribution in [3.8, 4) is 11.3 Å². The monoisotopic (exact) mass is 505 g/mol. The van der Waals surface area contributed by atoms with E-state index in [-0.39, 0.29) is 11.7 Å². The van der Waals surface area contributed by atoms with Crippen LogP contribution in [0.5, 0.6) is 0 Å². The molecule has 1 fully saturated rings. The van der Waals surface area contributed by atoms with E-state index in [0.29, 0.717) is 17.7 Å². The van der Waals surface area contributed by atoms with Crippen LogP contribution in [-0.2, 0) is 9.59 Å². The molecule has 0 bridgehead atoms. The second kappa shape index (κ2) is 9.15. The molecule has 2 aromatic heterocycles. The lowest BCUT2D eigenvalue weighted by molar-refractivity contribution is -0.132. The number of nitrogens with one attached hydrogen (secondary N) is 3. The number of primary amides is 1. The summed E-state index contributed by atoms with van der Waals surface area (Å²) in [6.07, 6.45) is 2.03. The molecule has 1 aliphatic rings. The summed E-state index contributed by atoms with van der Waals surface area (Å²) in [5.41, 5.74) is 10.1. The van der Waals surface area contributed by atoms with E-state index in [1.165, 1.54) is 12.1 Å². The van der Waals surface area contributed by atoms with Crippen molar-refractivity contribution < 1.29 is 14.0 Å². The van der Waals surface area contributed by atoms with Crippen LogP contribution in [0.4, 0.5) is 21.5 Å². The summed E-state index contributed by atoms with van der Waals surface area (Å²) in [4.78, 5) is 33.2. The highest BCUT2D eigenvalue weighted by atomic mass is 19.1. The van der Waals surface area contributed by atoms with Gasteiger partial charge in [0.2, 0.25) is 11.8 Å². The number of rotatable bonds is 7. The number of benzene rings is 3. The van der Waals surface area contributed by atoms with E-state index in [1.54, 1.807) is 30.5 Å². The second-order valence-corrected chi connectivity index (χ2v) is 9.47. The second-order valence-electron chi connectivity index (χ2n) is 9.47. The van der Waals surface area contributed by atoms with Gasteiger partial charge in [-0.05, 0) is 66.1 Å². The first kappa shape index (κ1) is 23.4. The van der Waals surface area contributed by atoms with Gasteiger partial charge in [-0.2, -0.15) is 0 Å². The van der Waals surface area contributed by atoms with E-state index < -0.39 is 17.2 Å². The fraction of sp³-hybridized carbons (Fsp3) is 0.100. The van der Waals surface area contributed by atoms with Gasteiger partial charge in [0, 0.05) is 34.6 Å². The number of pyridine rings is 1. The van der Waals surface area contributed by atoms with Crippen LogP contribution in [0.25, 0.3) is 22.3 Å². The van der Waals surface area contributed by atoms with Crippen LogP contribution < -0.4 is 16.4 Å². The maximum atomic E-state index is 13.3. The van der Waals surface area contributed by atoms with Gasteiger partial charge in [-0.25, -0.2) is 9.37 Å². The summed E-state index contributed by atoms with van der Waals surface area (Å²) in [7, 11) is 0. The molecular formula is C30H24FN5O2. The Balaban J connectivity index is 1.18. The van der Waals surface area contributed by atoms with Gasteiger partial charge >= 0.3 is 0 Å². The van der Waals surface area contributed by atoms with E-state index in [2.05, 4.69) is 26.7 Å². The first-order chi connectivity index (χ1) is 18.4. The van der Waals surface area contributed by atoms with Crippen LogP contribution in [0.15, 0.2) is 97.2 Å². The molecule has 5 N–H and O–H groups in total. The number of fused-ring (bicyclic) bond motifs is 1. The van der Waals surface area contributed by atoms with Crippen LogP contribution in [0, 0.1) is 11.2 Å². The highest BCUT2D eigenvalue weighted by Gasteiger charge is 2.65. The molecule has 0 spiro atoms. The zero-order chi connectivity index (χ0) is 26.3. The average molecular weight is 506 g/mol. The maximum absolute atomic E-state index is 13.3. The molecule has 7 nitrogen and oxygen atoms in total. The Bertz CT molecular complexity index is 1650. The minimum absolute atomic E-state index is 0.291. The molecule has 2 amide bonds. The number of carbonyl (C=O) groups excluding carboxylic acids is 2. The van der Waals surface area contributed by atoms with Crippen molar-refractivity contribution in [1.82, 2.24) is 9.97 Å². The Kier molecular flexibility index (Phi) is 5.64. The molecule has 2 unspecified atom stereocenters. The molecule has 0 aliphatic heterocycles. The van der Waals surface area contributed by atoms with Gasteiger partial charge in [-0.15, -0.1) is 0 Å². The molecule has 38 heavy (non-hydrogen) atoms. The number of hydrogen-bond donors (Lipinski definition) is 4. The maximum Gasteiger partial charge on any atom is 0.240 e. The Labute approximate surface area is 217 Å². The predicted molar refractivity (Wildman–Crippen MR) is 145 cm³/mol. The molecule has 0 radical (unpaired) electrons. The van der Waals surface area contributed by atoms with Crippen LogP contribution in [0.3, 0.4) is 0 Å². The SMILES string of the molecule is NC(=O)C1(C(=O)Nc2ccc(Nc3ccnc4[nH]c(-c5ccccc5)cc34)cc2)CC1c1ccc(F)cc1. The predicted octanol–water partition coefficient (Wildman–Crippen LogP) is 5.71. The van der Waals surface area contributed by atoms with Crippen LogP contribution >= 0.6 is 0 Å². The molecule has 3 aromatic carbocycles. The Morgan fingerprint density at radius 2 is 1.66 bits per heavy atom. The van der Waals surface area contributed by atoms with Gasteiger partial charge in [-0.3, -0.25) is 9.59 Å². The van der Waals surface area contributed by atoms with Crippen molar-refractivity contribution in [3.05, 3.63) is 109 Å². The van der Waals surface area contributed by atoms with Crippen molar-refractivity contribution >= 4 is 39.9 Å². The standard InChI is InChI=1S/C30H24FN5O2/c31-20-8-6-18(7-9-20)24-17-30(24,28(32)37)29(38)35-22-12-10-21(11-13-22)34-25-14-15-33-27-23(25)16-26(36-27)19-4-2-1-3-5-19/h1-16,24H,17H2,(H2,32,37)(H,35,38)(H2,33,34,36). The molecule has 188 valence electrons. The lowest BCUT2D eigenvalue weighted by atomic mass is 9.97. The van der Waals surface area contributed by atoms with E-state index in [1.807, 2.05) is 48.5 Å². The first-order valence-electron chi connectivity index (χ1n) is 12.2. The Morgan fingerprint density at radius 3 is 2.37 bits per heavy atom. The van der Waals surface area contributed by atoms with Gasteiger partial charge in [0.25, 0.3) is 0 Å². The fourth-order valence-corrected chi connectivity index (χ4v) is 4.94. The van der Waals surface area contributed by atoms with E-state index in [0.717, 1.165) is 33.7 Å². The van der Waals surface area contributed by atoms with E-state index in [9.17, 15) is 14.0 Å². The van der Waals surface area contributed by atoms with Crippen molar-refractivity contribution in [1.29, 1.82) is 0 Å². The van der Waals surface area contributed by atoms with E-state index >= 15 is 0 Å². The first-order valence-corrected chi connectivity index (χ1v) is 12.2. The molecule has 1 saturated carbocycles. The number of aromatic amines is 1. The van der Waals surface area contributed by atoms with Crippen molar-refractivity contribution in [2.75, 3.05) is 10.6 Å². The van der Waals surface area contributed by atoms with Gasteiger partial charge < -0.3 is 21.4 Å². The molecule has 6 rings (SSSR count). The largest absolute Gasteiger partial charge is 0.369 e. The quantitative estimate of drug-likeness (QED) is 0.212. The van der Waals surface area contributed by atoms with Crippen LogP contribution in [0.1, 0.15) is 17.9 Å². The fourth-order valence-electron chi connectivity index (χ4n) is 4.94. The highest BCUT2D eigenvalue weighted by molar-refractivity contribution is 6.14. The summed E-state index contributed by atoms with van der Waals surface area (Å²) in [5.74, 6) is -1.90. The molecule has 8 heteroatoms. The van der Waals surface area contributed by atoms with Crippen LogP contribution in [0.2, 0.25) is 0 Å². The van der Waals surface area contributed by atoms with Crippen molar-refractivity contribution in [2.24, 2.45) is 11.1 Å². The third kappa shape index (κ3) is 4.16. The van der Waals surface area contributed by atoms with Crippen LogP contribution in [-0.4, -0.2) is 21.8 Å². The minimum Gasteiger partial charge on any atom is -0.369 e.